The zero-order chi connectivity index (χ0) is 15.1. The molecule has 1 unspecified atom stereocenters. The predicted molar refractivity (Wildman–Crippen MR) is 63.8 cm³/mol. The molecule has 1 aromatic rings. The first-order chi connectivity index (χ1) is 9.20. The number of hydrogen-bond donors (Lipinski definition) is 0. The molecule has 0 saturated carbocycles. The van der Waals surface area contributed by atoms with Crippen molar-refractivity contribution in [2.45, 2.75) is 11.7 Å². The second kappa shape index (κ2) is 4.78. The van der Waals surface area contributed by atoms with Gasteiger partial charge in [-0.3, -0.25) is 14.9 Å². The number of carbonyl (C=O) groups is 1. The van der Waals surface area contributed by atoms with E-state index in [0.717, 1.165) is 23.1 Å². The molecule has 108 valence electrons. The molecular formula is C10H8F2N2O5S. The van der Waals surface area contributed by atoms with Crippen LogP contribution in [0.5, 0.6) is 0 Å². The number of hydrogen-bond acceptors (Lipinski definition) is 5. The highest BCUT2D eigenvalue weighted by Gasteiger charge is 2.39. The highest BCUT2D eigenvalue weighted by Crippen LogP contribution is 2.29. The fourth-order valence-electron chi connectivity index (χ4n) is 1.92. The lowest BCUT2D eigenvalue weighted by Gasteiger charge is -2.15. The molecule has 0 bridgehead atoms. The molecule has 1 atom stereocenters. The molecule has 0 aliphatic carbocycles. The first kappa shape index (κ1) is 14.3. The third kappa shape index (κ3) is 2.59. The van der Waals surface area contributed by atoms with Gasteiger partial charge in [0.25, 0.3) is 0 Å². The monoisotopic (exact) mass is 306 g/mol. The highest BCUT2D eigenvalue weighted by atomic mass is 32.3. The van der Waals surface area contributed by atoms with Crippen LogP contribution >= 0.6 is 0 Å². The first-order valence-electron chi connectivity index (χ1n) is 5.38. The van der Waals surface area contributed by atoms with Crippen LogP contribution in [0.3, 0.4) is 0 Å². The molecule has 10 heteroatoms. The Hall–Kier alpha value is -2.10. The fourth-order valence-corrected chi connectivity index (χ4v) is 2.59. The number of carbonyl (C=O) groups excluding carboxylic acids is 1. The van der Waals surface area contributed by atoms with Crippen molar-refractivity contribution in [3.8, 4) is 0 Å². The topological polar surface area (TPSA) is 97.6 Å². The van der Waals surface area contributed by atoms with Crippen molar-refractivity contribution in [3.05, 3.63) is 34.1 Å². The van der Waals surface area contributed by atoms with Crippen molar-refractivity contribution in [2.75, 3.05) is 11.4 Å². The molecule has 1 fully saturated rings. The lowest BCUT2D eigenvalue weighted by molar-refractivity contribution is -0.387. The Bertz CT molecular complexity index is 691. The third-order valence-electron chi connectivity index (χ3n) is 2.93. The van der Waals surface area contributed by atoms with E-state index in [1.165, 1.54) is 0 Å². The molecule has 1 aliphatic rings. The van der Waals surface area contributed by atoms with Gasteiger partial charge >= 0.3 is 15.9 Å². The van der Waals surface area contributed by atoms with E-state index in [2.05, 4.69) is 0 Å². The van der Waals surface area contributed by atoms with Crippen LogP contribution in [0.15, 0.2) is 18.2 Å². The summed E-state index contributed by atoms with van der Waals surface area (Å²) in [5.41, 5.74) is -0.892. The minimum atomic E-state index is -4.88. The van der Waals surface area contributed by atoms with Crippen molar-refractivity contribution in [1.29, 1.82) is 0 Å². The molecule has 0 radical (unpaired) electrons. The molecule has 0 aromatic heterocycles. The molecule has 1 aromatic carbocycles. The van der Waals surface area contributed by atoms with E-state index in [4.69, 9.17) is 0 Å². The van der Waals surface area contributed by atoms with E-state index in [1.54, 1.807) is 0 Å². The van der Waals surface area contributed by atoms with Crippen LogP contribution in [-0.2, 0) is 15.0 Å². The van der Waals surface area contributed by atoms with Gasteiger partial charge in [0.1, 0.15) is 5.25 Å². The van der Waals surface area contributed by atoms with Crippen LogP contribution in [0.1, 0.15) is 6.42 Å². The van der Waals surface area contributed by atoms with Gasteiger partial charge in [0, 0.05) is 19.0 Å². The minimum Gasteiger partial charge on any atom is -0.311 e. The number of halogens is 2. The average molecular weight is 306 g/mol. The molecule has 7 nitrogen and oxygen atoms in total. The second-order valence-electron chi connectivity index (χ2n) is 4.20. The van der Waals surface area contributed by atoms with Crippen LogP contribution in [0.2, 0.25) is 0 Å². The smallest absolute Gasteiger partial charge is 0.307 e. The number of benzene rings is 1. The van der Waals surface area contributed by atoms with E-state index in [0.29, 0.717) is 0 Å². The zero-order valence-corrected chi connectivity index (χ0v) is 10.6. The van der Waals surface area contributed by atoms with Gasteiger partial charge in [0.2, 0.25) is 11.7 Å². The maximum absolute atomic E-state index is 13.2. The summed E-state index contributed by atoms with van der Waals surface area (Å²) in [6, 6.07) is 2.69. The zero-order valence-electron chi connectivity index (χ0n) is 9.82. The fraction of sp³-hybridized carbons (Fsp3) is 0.300. The van der Waals surface area contributed by atoms with E-state index in [-0.39, 0.29) is 5.69 Å². The van der Waals surface area contributed by atoms with Crippen molar-refractivity contribution in [2.24, 2.45) is 0 Å². The van der Waals surface area contributed by atoms with Gasteiger partial charge in [0.15, 0.2) is 0 Å². The van der Waals surface area contributed by atoms with Crippen molar-refractivity contribution in [3.63, 3.8) is 0 Å². The molecule has 1 saturated heterocycles. The Morgan fingerprint density at radius 1 is 1.40 bits per heavy atom. The summed E-state index contributed by atoms with van der Waals surface area (Å²) >= 11 is 0. The molecular weight excluding hydrogens is 298 g/mol. The van der Waals surface area contributed by atoms with Crippen LogP contribution in [0, 0.1) is 15.9 Å². The maximum Gasteiger partial charge on any atom is 0.307 e. The van der Waals surface area contributed by atoms with E-state index in [9.17, 15) is 31.6 Å². The minimum absolute atomic E-state index is 0.0470. The Labute approximate surface area is 112 Å². The van der Waals surface area contributed by atoms with Gasteiger partial charge in [-0.1, -0.05) is 0 Å². The maximum atomic E-state index is 13.2. The molecule has 1 amide bonds. The van der Waals surface area contributed by atoms with Crippen molar-refractivity contribution >= 4 is 27.5 Å². The number of amides is 1. The molecule has 1 aliphatic heterocycles. The SMILES string of the molecule is O=C1CC(S(=O)(=O)F)CN1c1ccc(F)c([N+](=O)[O-])c1. The van der Waals surface area contributed by atoms with E-state index < -0.39 is 50.8 Å². The lowest BCUT2D eigenvalue weighted by Crippen LogP contribution is -2.27. The van der Waals surface area contributed by atoms with Crippen molar-refractivity contribution in [1.82, 2.24) is 0 Å². The Balaban J connectivity index is 2.36. The van der Waals surface area contributed by atoms with Crippen LogP contribution in [0.25, 0.3) is 0 Å². The highest BCUT2D eigenvalue weighted by molar-refractivity contribution is 7.87. The lowest BCUT2D eigenvalue weighted by atomic mass is 10.2. The summed E-state index contributed by atoms with van der Waals surface area (Å²) in [6.45, 7) is -0.458. The van der Waals surface area contributed by atoms with Crippen molar-refractivity contribution < 1.29 is 26.4 Å². The normalized spacial score (nSPS) is 19.4. The Morgan fingerprint density at radius 3 is 2.55 bits per heavy atom. The second-order valence-corrected chi connectivity index (χ2v) is 5.82. The molecule has 1 heterocycles. The molecule has 20 heavy (non-hydrogen) atoms. The third-order valence-corrected chi connectivity index (χ3v) is 4.04. The van der Waals surface area contributed by atoms with Gasteiger partial charge < -0.3 is 4.90 Å². The number of nitrogens with zero attached hydrogens (tertiary/aromatic N) is 2. The van der Waals surface area contributed by atoms with Gasteiger partial charge in [-0.25, -0.2) is 0 Å². The van der Waals surface area contributed by atoms with Gasteiger partial charge in [-0.2, -0.15) is 12.8 Å². The largest absolute Gasteiger partial charge is 0.311 e. The summed E-state index contributed by atoms with van der Waals surface area (Å²) in [5, 5.41) is 9.09. The molecule has 0 spiro atoms. The standard InChI is InChI=1S/C10H8F2N2O5S/c11-8-2-1-6(3-9(8)14(16)17)13-5-7(4-10(13)15)20(12,18)19/h1-3,7H,4-5H2. The summed E-state index contributed by atoms with van der Waals surface area (Å²) in [6.07, 6.45) is -0.552. The van der Waals surface area contributed by atoms with E-state index >= 15 is 0 Å². The number of nitro benzene ring substituents is 1. The number of rotatable bonds is 3. The Morgan fingerprint density at radius 2 is 2.05 bits per heavy atom. The van der Waals surface area contributed by atoms with Crippen LogP contribution in [0.4, 0.5) is 19.7 Å². The summed E-state index contributed by atoms with van der Waals surface area (Å²) in [4.78, 5) is 22.1. The summed E-state index contributed by atoms with van der Waals surface area (Å²) < 4.78 is 47.6. The van der Waals surface area contributed by atoms with Crippen LogP contribution < -0.4 is 4.90 Å². The quantitative estimate of drug-likeness (QED) is 0.474. The van der Waals surface area contributed by atoms with Crippen LogP contribution in [-0.4, -0.2) is 31.0 Å². The number of anilines is 1. The summed E-state index contributed by atoms with van der Waals surface area (Å²) in [7, 11) is -4.88. The van der Waals surface area contributed by atoms with E-state index in [1.807, 2.05) is 0 Å². The van der Waals surface area contributed by atoms with Gasteiger partial charge in [0.05, 0.1) is 10.6 Å². The molecule has 2 rings (SSSR count). The molecule has 0 N–H and O–H groups in total. The number of nitro groups is 1. The average Bonchev–Trinajstić information content (AvgIpc) is 2.71. The Kier molecular flexibility index (Phi) is 3.42. The van der Waals surface area contributed by atoms with Gasteiger partial charge in [-0.15, -0.1) is 3.89 Å². The predicted octanol–water partition coefficient (Wildman–Crippen LogP) is 1.14. The van der Waals surface area contributed by atoms with Gasteiger partial charge in [-0.05, 0) is 12.1 Å². The summed E-state index contributed by atoms with van der Waals surface area (Å²) in [5.74, 6) is -1.78. The first-order valence-corrected chi connectivity index (χ1v) is 6.82.